The van der Waals surface area contributed by atoms with Gasteiger partial charge in [0, 0.05) is 34.1 Å². The summed E-state index contributed by atoms with van der Waals surface area (Å²) in [5, 5.41) is 0. The van der Waals surface area contributed by atoms with Gasteiger partial charge in [0.05, 0.1) is 6.54 Å². The van der Waals surface area contributed by atoms with E-state index in [1.807, 2.05) is 13.1 Å². The molecule has 1 fully saturated rings. The average Bonchev–Trinajstić information content (AvgIpc) is 2.48. The van der Waals surface area contributed by atoms with Gasteiger partial charge in [-0.2, -0.15) is 0 Å². The second-order valence-electron chi connectivity index (χ2n) is 6.69. The molecule has 1 aliphatic rings. The van der Waals surface area contributed by atoms with E-state index in [0.29, 0.717) is 5.92 Å². The van der Waals surface area contributed by atoms with Crippen LogP contribution < -0.4 is 0 Å². The number of aromatic nitrogens is 1. The molecule has 0 N–H and O–H groups in total. The minimum Gasteiger partial charge on any atom is -0.303 e. The maximum Gasteiger partial charge on any atom is 0.0513 e. The summed E-state index contributed by atoms with van der Waals surface area (Å²) in [4.78, 5) is 6.90. The van der Waals surface area contributed by atoms with Gasteiger partial charge in [0.2, 0.25) is 0 Å². The summed E-state index contributed by atoms with van der Waals surface area (Å²) in [6.45, 7) is 6.27. The van der Waals surface area contributed by atoms with E-state index in [0.717, 1.165) is 38.3 Å². The van der Waals surface area contributed by atoms with E-state index in [1.54, 1.807) is 12.5 Å². The van der Waals surface area contributed by atoms with Gasteiger partial charge in [0.25, 0.3) is 0 Å². The first-order valence-corrected chi connectivity index (χ1v) is 10.5. The van der Waals surface area contributed by atoms with Crippen molar-refractivity contribution < 1.29 is 4.21 Å². The Morgan fingerprint density at radius 2 is 2.05 bits per heavy atom. The highest BCUT2D eigenvalue weighted by atomic mass is 32.2. The molecule has 5 heteroatoms. The molecule has 0 aromatic carbocycles. The molecular weight excluding hydrogens is 294 g/mol. The molecule has 0 aliphatic carbocycles. The first-order chi connectivity index (χ1) is 10.4. The van der Waals surface area contributed by atoms with Crippen molar-refractivity contribution in [3.8, 4) is 0 Å². The van der Waals surface area contributed by atoms with E-state index in [4.69, 9.17) is 0 Å². The van der Waals surface area contributed by atoms with Crippen LogP contribution in [0.3, 0.4) is 0 Å². The molecule has 1 saturated heterocycles. The number of aryl methyl sites for hydroxylation is 2. The van der Waals surface area contributed by atoms with Gasteiger partial charge in [0.15, 0.2) is 0 Å². The lowest BCUT2D eigenvalue weighted by atomic mass is 9.97. The SMILES string of the molecule is Cc1ccc(CCCN2CCC(CN=S(C)(C)=O)CC2)cn1. The van der Waals surface area contributed by atoms with E-state index in [1.165, 1.54) is 24.8 Å². The summed E-state index contributed by atoms with van der Waals surface area (Å²) >= 11 is 0. The summed E-state index contributed by atoms with van der Waals surface area (Å²) in [5.74, 6) is 0.623. The maximum atomic E-state index is 11.6. The minimum atomic E-state index is -1.93. The molecule has 124 valence electrons. The zero-order valence-corrected chi connectivity index (χ0v) is 14.9. The van der Waals surface area contributed by atoms with Crippen LogP contribution in [-0.4, -0.2) is 52.8 Å². The predicted octanol–water partition coefficient (Wildman–Crippen LogP) is 2.76. The van der Waals surface area contributed by atoms with E-state index in [9.17, 15) is 4.21 Å². The van der Waals surface area contributed by atoms with Crippen molar-refractivity contribution >= 4 is 9.73 Å². The first kappa shape index (κ1) is 17.4. The molecule has 0 amide bonds. The third-order valence-corrected chi connectivity index (χ3v) is 5.03. The summed E-state index contributed by atoms with van der Waals surface area (Å²) < 4.78 is 15.9. The standard InChI is InChI=1S/C17H29N3OS/c1-15-6-7-16(13-18-15)5-4-10-20-11-8-17(9-12-20)14-19-22(2,3)21/h6-7,13,17H,4-5,8-12,14H2,1-3H3. The molecule has 1 aliphatic heterocycles. The Balaban J connectivity index is 1.65. The molecule has 0 atom stereocenters. The highest BCUT2D eigenvalue weighted by Crippen LogP contribution is 2.18. The molecule has 0 saturated carbocycles. The molecule has 0 spiro atoms. The van der Waals surface area contributed by atoms with Crippen LogP contribution in [0.15, 0.2) is 22.7 Å². The fourth-order valence-electron chi connectivity index (χ4n) is 2.83. The molecule has 0 bridgehead atoms. The highest BCUT2D eigenvalue weighted by Gasteiger charge is 2.18. The van der Waals surface area contributed by atoms with Crippen molar-refractivity contribution in [3.05, 3.63) is 29.6 Å². The zero-order chi connectivity index (χ0) is 16.0. The summed E-state index contributed by atoms with van der Waals surface area (Å²) in [5.41, 5.74) is 2.42. The lowest BCUT2D eigenvalue weighted by molar-refractivity contribution is 0.186. The number of hydrogen-bond acceptors (Lipinski definition) is 4. The number of likely N-dealkylation sites (tertiary alicyclic amines) is 1. The molecule has 1 aromatic rings. The highest BCUT2D eigenvalue weighted by molar-refractivity contribution is 7.92. The second-order valence-corrected chi connectivity index (χ2v) is 9.31. The van der Waals surface area contributed by atoms with Crippen molar-refractivity contribution in [2.75, 3.05) is 38.7 Å². The van der Waals surface area contributed by atoms with E-state index in [2.05, 4.69) is 26.4 Å². The Kier molecular flexibility index (Phi) is 6.38. The Morgan fingerprint density at radius 1 is 1.32 bits per heavy atom. The second kappa shape index (κ2) is 8.06. The van der Waals surface area contributed by atoms with Crippen molar-refractivity contribution in [1.29, 1.82) is 0 Å². The first-order valence-electron chi connectivity index (χ1n) is 8.19. The van der Waals surface area contributed by atoms with Crippen LogP contribution in [0, 0.1) is 12.8 Å². The predicted molar refractivity (Wildman–Crippen MR) is 93.7 cm³/mol. The van der Waals surface area contributed by atoms with Crippen molar-refractivity contribution in [3.63, 3.8) is 0 Å². The minimum absolute atomic E-state index is 0.623. The van der Waals surface area contributed by atoms with Crippen LogP contribution in [0.1, 0.15) is 30.5 Å². The van der Waals surface area contributed by atoms with Gasteiger partial charge in [0.1, 0.15) is 0 Å². The average molecular weight is 324 g/mol. The maximum absolute atomic E-state index is 11.6. The molecule has 2 heterocycles. The Hall–Kier alpha value is -0.940. The normalized spacial score (nSPS) is 17.6. The summed E-state index contributed by atoms with van der Waals surface area (Å²) in [7, 11) is -1.93. The Labute approximate surface area is 135 Å². The Morgan fingerprint density at radius 3 is 2.64 bits per heavy atom. The van der Waals surface area contributed by atoms with Gasteiger partial charge in [-0.3, -0.25) is 9.19 Å². The number of pyridine rings is 1. The van der Waals surface area contributed by atoms with Crippen LogP contribution in [0.5, 0.6) is 0 Å². The van der Waals surface area contributed by atoms with Gasteiger partial charge in [-0.1, -0.05) is 6.07 Å². The quantitative estimate of drug-likeness (QED) is 0.808. The molecule has 4 nitrogen and oxygen atoms in total. The number of piperidine rings is 1. The van der Waals surface area contributed by atoms with Crippen molar-refractivity contribution in [2.45, 2.75) is 32.6 Å². The molecule has 0 radical (unpaired) electrons. The van der Waals surface area contributed by atoms with Crippen LogP contribution in [0.2, 0.25) is 0 Å². The van der Waals surface area contributed by atoms with Crippen LogP contribution in [0.4, 0.5) is 0 Å². The lowest BCUT2D eigenvalue weighted by Gasteiger charge is -2.31. The molecule has 2 rings (SSSR count). The van der Waals surface area contributed by atoms with E-state index < -0.39 is 9.73 Å². The third kappa shape index (κ3) is 6.44. The third-order valence-electron chi connectivity index (χ3n) is 4.26. The van der Waals surface area contributed by atoms with Crippen molar-refractivity contribution in [2.24, 2.45) is 10.3 Å². The molecule has 0 unspecified atom stereocenters. The number of rotatable bonds is 6. The fourth-order valence-corrected chi connectivity index (χ4v) is 3.40. The fraction of sp³-hybridized carbons (Fsp3) is 0.706. The van der Waals surface area contributed by atoms with Gasteiger partial charge in [-0.25, -0.2) is 4.36 Å². The molecular formula is C17H29N3OS. The largest absolute Gasteiger partial charge is 0.303 e. The smallest absolute Gasteiger partial charge is 0.0513 e. The number of nitrogens with zero attached hydrogens (tertiary/aromatic N) is 3. The molecule has 22 heavy (non-hydrogen) atoms. The zero-order valence-electron chi connectivity index (χ0n) is 14.1. The van der Waals surface area contributed by atoms with Gasteiger partial charge >= 0.3 is 0 Å². The molecule has 1 aromatic heterocycles. The van der Waals surface area contributed by atoms with Crippen molar-refractivity contribution in [1.82, 2.24) is 9.88 Å². The van der Waals surface area contributed by atoms with Crippen LogP contribution in [-0.2, 0) is 16.1 Å². The topological polar surface area (TPSA) is 45.6 Å². The van der Waals surface area contributed by atoms with Gasteiger partial charge < -0.3 is 4.90 Å². The number of hydrogen-bond donors (Lipinski definition) is 0. The van der Waals surface area contributed by atoms with Crippen LogP contribution in [0.25, 0.3) is 0 Å². The van der Waals surface area contributed by atoms with Gasteiger partial charge in [-0.05, 0) is 69.8 Å². The summed E-state index contributed by atoms with van der Waals surface area (Å²) in [6, 6.07) is 4.27. The van der Waals surface area contributed by atoms with Gasteiger partial charge in [-0.15, -0.1) is 0 Å². The monoisotopic (exact) mass is 323 g/mol. The summed E-state index contributed by atoms with van der Waals surface area (Å²) in [6.07, 6.45) is 10.1. The van der Waals surface area contributed by atoms with E-state index >= 15 is 0 Å². The van der Waals surface area contributed by atoms with E-state index in [-0.39, 0.29) is 0 Å². The Bertz CT molecular complexity index is 560. The van der Waals surface area contributed by atoms with Crippen LogP contribution >= 0.6 is 0 Å². The lowest BCUT2D eigenvalue weighted by Crippen LogP contribution is -2.35.